The first-order valence-electron chi connectivity index (χ1n) is 8.90. The molecule has 126 valence electrons. The van der Waals surface area contributed by atoms with E-state index in [0.29, 0.717) is 18.3 Å². The zero-order valence-corrected chi connectivity index (χ0v) is 13.7. The summed E-state index contributed by atoms with van der Waals surface area (Å²) in [5, 5.41) is 0. The van der Waals surface area contributed by atoms with Crippen molar-refractivity contribution >= 4 is 5.91 Å². The summed E-state index contributed by atoms with van der Waals surface area (Å²) >= 11 is 0. The van der Waals surface area contributed by atoms with E-state index in [1.54, 1.807) is 6.07 Å². The zero-order valence-electron chi connectivity index (χ0n) is 13.7. The van der Waals surface area contributed by atoms with Gasteiger partial charge >= 0.3 is 0 Å². The van der Waals surface area contributed by atoms with E-state index in [-0.39, 0.29) is 17.8 Å². The van der Waals surface area contributed by atoms with E-state index >= 15 is 0 Å². The average Bonchev–Trinajstić information content (AvgIpc) is 2.95. The molecule has 23 heavy (non-hydrogen) atoms. The van der Waals surface area contributed by atoms with Gasteiger partial charge in [0.2, 0.25) is 5.91 Å². The second-order valence-electron chi connectivity index (χ2n) is 7.18. The van der Waals surface area contributed by atoms with Gasteiger partial charge in [0.05, 0.1) is 0 Å². The zero-order chi connectivity index (χ0) is 16.2. The van der Waals surface area contributed by atoms with Gasteiger partial charge in [-0.05, 0) is 55.6 Å². The summed E-state index contributed by atoms with van der Waals surface area (Å²) in [6.07, 6.45) is 6.64. The van der Waals surface area contributed by atoms with Crippen LogP contribution in [-0.4, -0.2) is 29.9 Å². The van der Waals surface area contributed by atoms with Gasteiger partial charge in [-0.15, -0.1) is 0 Å². The van der Waals surface area contributed by atoms with Crippen LogP contribution in [0, 0.1) is 17.7 Å². The van der Waals surface area contributed by atoms with E-state index in [1.807, 2.05) is 17.0 Å². The Hall–Kier alpha value is -1.42. The molecule has 1 aromatic carbocycles. The average molecular weight is 318 g/mol. The number of carbonyl (C=O) groups is 1. The lowest BCUT2D eigenvalue weighted by atomic mass is 9.89. The van der Waals surface area contributed by atoms with E-state index in [2.05, 4.69) is 0 Å². The minimum absolute atomic E-state index is 0.110. The molecule has 0 spiro atoms. The number of nitrogens with two attached hydrogens (primary N) is 1. The summed E-state index contributed by atoms with van der Waals surface area (Å²) in [4.78, 5) is 14.4. The fourth-order valence-electron chi connectivity index (χ4n) is 4.03. The van der Waals surface area contributed by atoms with E-state index < -0.39 is 0 Å². The van der Waals surface area contributed by atoms with Gasteiger partial charge in [0, 0.05) is 25.6 Å². The SMILES string of the molecule is N[C@@H]1CCC[C@H]1CC(=O)N1CCC(Cc2ccccc2F)CC1. The number of rotatable bonds is 4. The van der Waals surface area contributed by atoms with Gasteiger partial charge in [0.15, 0.2) is 0 Å². The molecule has 2 atom stereocenters. The molecule has 1 aromatic rings. The lowest BCUT2D eigenvalue weighted by Gasteiger charge is -2.33. The molecule has 0 radical (unpaired) electrons. The molecule has 1 saturated heterocycles. The third-order valence-electron chi connectivity index (χ3n) is 5.59. The molecule has 2 aliphatic rings. The first-order valence-corrected chi connectivity index (χ1v) is 8.90. The van der Waals surface area contributed by atoms with Crippen molar-refractivity contribution < 1.29 is 9.18 Å². The lowest BCUT2D eigenvalue weighted by Crippen LogP contribution is -2.40. The Labute approximate surface area is 138 Å². The Bertz CT molecular complexity index is 540. The Kier molecular flexibility index (Phi) is 5.31. The van der Waals surface area contributed by atoms with Gasteiger partial charge in [-0.25, -0.2) is 4.39 Å². The van der Waals surface area contributed by atoms with Gasteiger partial charge in [-0.3, -0.25) is 4.79 Å². The molecule has 1 heterocycles. The van der Waals surface area contributed by atoms with Crippen molar-refractivity contribution in [1.82, 2.24) is 4.90 Å². The first-order chi connectivity index (χ1) is 11.1. The third-order valence-corrected chi connectivity index (χ3v) is 5.59. The standard InChI is InChI=1S/C19H27FN2O/c20-17-6-2-1-4-15(17)12-14-8-10-22(11-9-14)19(23)13-16-5-3-7-18(16)21/h1-2,4,6,14,16,18H,3,5,7-13,21H2/t16-,18+/m0/s1. The Morgan fingerprint density at radius 3 is 2.57 bits per heavy atom. The van der Waals surface area contributed by atoms with E-state index in [1.165, 1.54) is 6.07 Å². The summed E-state index contributed by atoms with van der Waals surface area (Å²) in [5.74, 6) is 1.00. The van der Waals surface area contributed by atoms with Crippen LogP contribution in [0.15, 0.2) is 24.3 Å². The van der Waals surface area contributed by atoms with Crippen molar-refractivity contribution in [2.75, 3.05) is 13.1 Å². The highest BCUT2D eigenvalue weighted by Crippen LogP contribution is 2.29. The maximum atomic E-state index is 13.7. The molecular weight excluding hydrogens is 291 g/mol. The molecule has 0 unspecified atom stereocenters. The second kappa shape index (κ2) is 7.43. The quantitative estimate of drug-likeness (QED) is 0.927. The van der Waals surface area contributed by atoms with Gasteiger partial charge < -0.3 is 10.6 Å². The summed E-state index contributed by atoms with van der Waals surface area (Å²) in [5.41, 5.74) is 6.87. The number of benzene rings is 1. The van der Waals surface area contributed by atoms with E-state index in [9.17, 15) is 9.18 Å². The topological polar surface area (TPSA) is 46.3 Å². The summed E-state index contributed by atoms with van der Waals surface area (Å²) in [7, 11) is 0. The van der Waals surface area contributed by atoms with Crippen LogP contribution in [0.2, 0.25) is 0 Å². The maximum absolute atomic E-state index is 13.7. The van der Waals surface area contributed by atoms with Crippen LogP contribution >= 0.6 is 0 Å². The van der Waals surface area contributed by atoms with Crippen LogP contribution < -0.4 is 5.73 Å². The van der Waals surface area contributed by atoms with Crippen molar-refractivity contribution in [2.24, 2.45) is 17.6 Å². The van der Waals surface area contributed by atoms with Crippen LogP contribution in [0.1, 0.15) is 44.1 Å². The smallest absolute Gasteiger partial charge is 0.222 e. The Morgan fingerprint density at radius 1 is 1.17 bits per heavy atom. The number of amides is 1. The summed E-state index contributed by atoms with van der Waals surface area (Å²) < 4.78 is 13.7. The number of nitrogens with zero attached hydrogens (tertiary/aromatic N) is 1. The monoisotopic (exact) mass is 318 g/mol. The number of piperidine rings is 1. The molecule has 4 heteroatoms. The Morgan fingerprint density at radius 2 is 1.91 bits per heavy atom. The molecule has 1 saturated carbocycles. The van der Waals surface area contributed by atoms with Crippen molar-refractivity contribution in [3.8, 4) is 0 Å². The minimum atomic E-state index is -0.110. The van der Waals surface area contributed by atoms with Gasteiger partial charge in [0.1, 0.15) is 5.82 Å². The summed E-state index contributed by atoms with van der Waals surface area (Å²) in [6.45, 7) is 1.61. The van der Waals surface area contributed by atoms with Gasteiger partial charge in [-0.1, -0.05) is 24.6 Å². The van der Waals surface area contributed by atoms with Crippen LogP contribution in [0.25, 0.3) is 0 Å². The Balaban J connectivity index is 1.46. The summed E-state index contributed by atoms with van der Waals surface area (Å²) in [6, 6.07) is 7.22. The molecule has 1 amide bonds. The lowest BCUT2D eigenvalue weighted by molar-refractivity contribution is -0.133. The van der Waals surface area contributed by atoms with E-state index in [0.717, 1.165) is 57.2 Å². The number of hydrogen-bond acceptors (Lipinski definition) is 2. The number of halogens is 1. The molecule has 2 fully saturated rings. The highest BCUT2D eigenvalue weighted by molar-refractivity contribution is 5.76. The first kappa shape index (κ1) is 16.4. The van der Waals surface area contributed by atoms with Crippen LogP contribution in [0.3, 0.4) is 0 Å². The molecule has 1 aliphatic carbocycles. The molecule has 3 rings (SSSR count). The maximum Gasteiger partial charge on any atom is 0.222 e. The van der Waals surface area contributed by atoms with E-state index in [4.69, 9.17) is 5.73 Å². The second-order valence-corrected chi connectivity index (χ2v) is 7.18. The number of carbonyl (C=O) groups excluding carboxylic acids is 1. The van der Waals surface area contributed by atoms with Crippen molar-refractivity contribution in [1.29, 1.82) is 0 Å². The molecule has 3 nitrogen and oxygen atoms in total. The van der Waals surface area contributed by atoms with Crippen LogP contribution in [0.4, 0.5) is 4.39 Å². The normalized spacial score (nSPS) is 25.7. The third kappa shape index (κ3) is 4.11. The molecule has 2 N–H and O–H groups in total. The van der Waals surface area contributed by atoms with Crippen molar-refractivity contribution in [3.63, 3.8) is 0 Å². The molecule has 1 aliphatic heterocycles. The highest BCUT2D eigenvalue weighted by atomic mass is 19.1. The highest BCUT2D eigenvalue weighted by Gasteiger charge is 2.29. The molecule has 0 bridgehead atoms. The van der Waals surface area contributed by atoms with Crippen LogP contribution in [-0.2, 0) is 11.2 Å². The fourth-order valence-corrected chi connectivity index (χ4v) is 4.03. The predicted octanol–water partition coefficient (Wildman–Crippen LogP) is 3.12. The fraction of sp³-hybridized carbons (Fsp3) is 0.632. The molecular formula is C19H27FN2O. The van der Waals surface area contributed by atoms with Gasteiger partial charge in [-0.2, -0.15) is 0 Å². The number of hydrogen-bond donors (Lipinski definition) is 1. The molecule has 0 aromatic heterocycles. The van der Waals surface area contributed by atoms with Crippen molar-refractivity contribution in [2.45, 2.75) is 51.0 Å². The van der Waals surface area contributed by atoms with Gasteiger partial charge in [0.25, 0.3) is 0 Å². The van der Waals surface area contributed by atoms with Crippen LogP contribution in [0.5, 0.6) is 0 Å². The van der Waals surface area contributed by atoms with Crippen molar-refractivity contribution in [3.05, 3.63) is 35.6 Å². The largest absolute Gasteiger partial charge is 0.343 e. The minimum Gasteiger partial charge on any atom is -0.343 e. The number of likely N-dealkylation sites (tertiary alicyclic amines) is 1. The predicted molar refractivity (Wildman–Crippen MR) is 89.3 cm³/mol.